The number of rotatable bonds is 3. The summed E-state index contributed by atoms with van der Waals surface area (Å²) in [5.74, 6) is -1.06. The van der Waals surface area contributed by atoms with Crippen molar-refractivity contribution in [1.29, 1.82) is 0 Å². The molecule has 1 saturated heterocycles. The molecule has 0 aliphatic carbocycles. The van der Waals surface area contributed by atoms with E-state index in [1.165, 1.54) is 10.5 Å². The lowest BCUT2D eigenvalue weighted by atomic mass is 10.1. The highest BCUT2D eigenvalue weighted by molar-refractivity contribution is 5.70. The van der Waals surface area contributed by atoms with Gasteiger partial charge in [-0.05, 0) is 25.1 Å². The van der Waals surface area contributed by atoms with Crippen molar-refractivity contribution in [1.82, 2.24) is 14.3 Å². The summed E-state index contributed by atoms with van der Waals surface area (Å²) in [6, 6.07) is 6.92. The van der Waals surface area contributed by atoms with Gasteiger partial charge < -0.3 is 5.11 Å². The predicted molar refractivity (Wildman–Crippen MR) is 72.5 cm³/mol. The number of pyridine rings is 1. The highest BCUT2D eigenvalue weighted by atomic mass is 16.4. The maximum Gasteiger partial charge on any atom is 0.307 e. The Labute approximate surface area is 115 Å². The summed E-state index contributed by atoms with van der Waals surface area (Å²) in [5, 5.41) is 8.99. The fourth-order valence-corrected chi connectivity index (χ4v) is 2.59. The minimum absolute atomic E-state index is 0.111. The van der Waals surface area contributed by atoms with E-state index >= 15 is 0 Å². The van der Waals surface area contributed by atoms with Gasteiger partial charge in [-0.15, -0.1) is 0 Å². The first-order valence-corrected chi connectivity index (χ1v) is 6.56. The summed E-state index contributed by atoms with van der Waals surface area (Å²) in [6.07, 6.45) is 2.34. The average Bonchev–Trinajstić information content (AvgIpc) is 2.87. The topological polar surface area (TPSA) is 74.9 Å². The fourth-order valence-electron chi connectivity index (χ4n) is 2.59. The van der Waals surface area contributed by atoms with Crippen LogP contribution >= 0.6 is 0 Å². The second kappa shape index (κ2) is 5.05. The molecule has 1 aliphatic rings. The second-order valence-electron chi connectivity index (χ2n) is 5.07. The number of hydrogen-bond acceptors (Lipinski definition) is 4. The Kier molecular flexibility index (Phi) is 3.23. The van der Waals surface area contributed by atoms with E-state index in [9.17, 15) is 9.59 Å². The van der Waals surface area contributed by atoms with Crippen molar-refractivity contribution in [3.8, 4) is 0 Å². The third-order valence-electron chi connectivity index (χ3n) is 3.63. The van der Waals surface area contributed by atoms with Crippen molar-refractivity contribution in [2.24, 2.45) is 5.92 Å². The number of hydrogen-bond donors (Lipinski definition) is 1. The van der Waals surface area contributed by atoms with Crippen molar-refractivity contribution in [3.63, 3.8) is 0 Å². The molecule has 0 spiro atoms. The standard InChI is InChI=1S/C14H15N3O3/c18-13-7-11(15-12-3-1-2-5-17(12)13)9-16-6-4-10(8-16)14(19)20/h1-3,5,7,10H,4,6,8-9H2,(H,19,20). The molecule has 1 N–H and O–H groups in total. The largest absolute Gasteiger partial charge is 0.481 e. The molecule has 1 fully saturated rings. The van der Waals surface area contributed by atoms with Gasteiger partial charge in [-0.25, -0.2) is 4.98 Å². The van der Waals surface area contributed by atoms with Crippen LogP contribution < -0.4 is 5.56 Å². The zero-order valence-corrected chi connectivity index (χ0v) is 10.9. The second-order valence-corrected chi connectivity index (χ2v) is 5.07. The summed E-state index contributed by atoms with van der Waals surface area (Å²) >= 11 is 0. The highest BCUT2D eigenvalue weighted by Crippen LogP contribution is 2.18. The SMILES string of the molecule is O=C(O)C1CCN(Cc2cc(=O)n3ccccc3n2)C1. The van der Waals surface area contributed by atoms with E-state index in [2.05, 4.69) is 4.98 Å². The number of nitrogens with zero attached hydrogens (tertiary/aromatic N) is 3. The van der Waals surface area contributed by atoms with Crippen LogP contribution in [0.2, 0.25) is 0 Å². The molecule has 0 saturated carbocycles. The molecule has 2 aromatic heterocycles. The summed E-state index contributed by atoms with van der Waals surface area (Å²) in [5.41, 5.74) is 1.19. The number of fused-ring (bicyclic) bond motifs is 1. The normalized spacial score (nSPS) is 19.5. The first kappa shape index (κ1) is 12.8. The molecular formula is C14H15N3O3. The summed E-state index contributed by atoms with van der Waals surface area (Å²) in [6.45, 7) is 1.77. The predicted octanol–water partition coefficient (Wildman–Crippen LogP) is 0.601. The summed E-state index contributed by atoms with van der Waals surface area (Å²) in [4.78, 5) is 29.4. The number of carboxylic acid groups (broad SMARTS) is 1. The number of aliphatic carboxylic acids is 1. The van der Waals surface area contributed by atoms with Gasteiger partial charge in [0, 0.05) is 25.4 Å². The quantitative estimate of drug-likeness (QED) is 0.886. The monoisotopic (exact) mass is 273 g/mol. The first-order valence-electron chi connectivity index (χ1n) is 6.56. The first-order chi connectivity index (χ1) is 9.63. The zero-order valence-electron chi connectivity index (χ0n) is 10.9. The summed E-state index contributed by atoms with van der Waals surface area (Å²) < 4.78 is 1.49. The van der Waals surface area contributed by atoms with Gasteiger partial charge in [0.05, 0.1) is 11.6 Å². The molecule has 20 heavy (non-hydrogen) atoms. The van der Waals surface area contributed by atoms with E-state index in [-0.39, 0.29) is 11.5 Å². The Hall–Kier alpha value is -2.21. The molecule has 1 atom stereocenters. The van der Waals surface area contributed by atoms with Gasteiger partial charge in [0.2, 0.25) is 0 Å². The minimum atomic E-state index is -0.751. The third kappa shape index (κ3) is 2.42. The molecule has 3 heterocycles. The molecule has 3 rings (SSSR count). The van der Waals surface area contributed by atoms with E-state index in [1.54, 1.807) is 18.3 Å². The molecule has 0 bridgehead atoms. The zero-order chi connectivity index (χ0) is 14.1. The maximum absolute atomic E-state index is 12.0. The number of likely N-dealkylation sites (tertiary alicyclic amines) is 1. The molecule has 2 aromatic rings. The van der Waals surface area contributed by atoms with E-state index in [0.29, 0.717) is 30.9 Å². The lowest BCUT2D eigenvalue weighted by Crippen LogP contribution is -2.25. The minimum Gasteiger partial charge on any atom is -0.481 e. The van der Waals surface area contributed by atoms with Crippen molar-refractivity contribution in [3.05, 3.63) is 46.5 Å². The van der Waals surface area contributed by atoms with Crippen LogP contribution in [0.15, 0.2) is 35.3 Å². The Bertz CT molecular complexity index is 710. The average molecular weight is 273 g/mol. The molecule has 6 nitrogen and oxygen atoms in total. The van der Waals surface area contributed by atoms with Crippen LogP contribution in [0.25, 0.3) is 5.65 Å². The van der Waals surface area contributed by atoms with Crippen molar-refractivity contribution >= 4 is 11.6 Å². The van der Waals surface area contributed by atoms with Crippen LogP contribution in [0.3, 0.4) is 0 Å². The molecule has 0 aromatic carbocycles. The smallest absolute Gasteiger partial charge is 0.307 e. The van der Waals surface area contributed by atoms with E-state index in [1.807, 2.05) is 11.0 Å². The van der Waals surface area contributed by atoms with E-state index < -0.39 is 5.97 Å². The van der Waals surface area contributed by atoms with Crippen LogP contribution in [0.5, 0.6) is 0 Å². The molecule has 1 aliphatic heterocycles. The number of carbonyl (C=O) groups is 1. The Morgan fingerprint density at radius 3 is 3.05 bits per heavy atom. The Morgan fingerprint density at radius 1 is 1.45 bits per heavy atom. The van der Waals surface area contributed by atoms with Crippen LogP contribution in [-0.4, -0.2) is 38.4 Å². The Morgan fingerprint density at radius 2 is 2.30 bits per heavy atom. The number of carboxylic acids is 1. The van der Waals surface area contributed by atoms with Gasteiger partial charge >= 0.3 is 5.97 Å². The van der Waals surface area contributed by atoms with Crippen LogP contribution in [-0.2, 0) is 11.3 Å². The van der Waals surface area contributed by atoms with Crippen molar-refractivity contribution < 1.29 is 9.90 Å². The van der Waals surface area contributed by atoms with Crippen LogP contribution in [0.1, 0.15) is 12.1 Å². The lowest BCUT2D eigenvalue weighted by molar-refractivity contribution is -0.141. The molecule has 0 radical (unpaired) electrons. The highest BCUT2D eigenvalue weighted by Gasteiger charge is 2.28. The number of aromatic nitrogens is 2. The van der Waals surface area contributed by atoms with E-state index in [4.69, 9.17) is 5.11 Å². The van der Waals surface area contributed by atoms with E-state index in [0.717, 1.165) is 6.54 Å². The van der Waals surface area contributed by atoms with Crippen LogP contribution in [0, 0.1) is 5.92 Å². The van der Waals surface area contributed by atoms with Gasteiger partial charge in [-0.3, -0.25) is 18.9 Å². The van der Waals surface area contributed by atoms with Crippen molar-refractivity contribution in [2.75, 3.05) is 13.1 Å². The molecule has 0 amide bonds. The lowest BCUT2D eigenvalue weighted by Gasteiger charge is -2.14. The third-order valence-corrected chi connectivity index (χ3v) is 3.63. The summed E-state index contributed by atoms with van der Waals surface area (Å²) in [7, 11) is 0. The van der Waals surface area contributed by atoms with Gasteiger partial charge in [0.15, 0.2) is 0 Å². The molecule has 6 heteroatoms. The van der Waals surface area contributed by atoms with Crippen LogP contribution in [0.4, 0.5) is 0 Å². The Balaban J connectivity index is 1.82. The van der Waals surface area contributed by atoms with Gasteiger partial charge in [-0.2, -0.15) is 0 Å². The molecule has 104 valence electrons. The van der Waals surface area contributed by atoms with Gasteiger partial charge in [0.25, 0.3) is 5.56 Å². The molecular weight excluding hydrogens is 258 g/mol. The van der Waals surface area contributed by atoms with Crippen molar-refractivity contribution in [2.45, 2.75) is 13.0 Å². The van der Waals surface area contributed by atoms with Gasteiger partial charge in [-0.1, -0.05) is 6.07 Å². The molecule has 1 unspecified atom stereocenters. The van der Waals surface area contributed by atoms with Gasteiger partial charge in [0.1, 0.15) is 5.65 Å². The fraction of sp³-hybridized carbons (Fsp3) is 0.357. The maximum atomic E-state index is 12.0.